The van der Waals surface area contributed by atoms with Crippen molar-refractivity contribution in [3.05, 3.63) is 76.8 Å². The second kappa shape index (κ2) is 9.31. The molecule has 0 aliphatic carbocycles. The first-order valence-corrected chi connectivity index (χ1v) is 11.4. The minimum absolute atomic E-state index is 0.122. The van der Waals surface area contributed by atoms with Gasteiger partial charge in [0.1, 0.15) is 6.04 Å². The summed E-state index contributed by atoms with van der Waals surface area (Å²) in [6.07, 6.45) is 1.25. The third-order valence-electron chi connectivity index (χ3n) is 6.35. The number of hydrogen-bond acceptors (Lipinski definition) is 3. The highest BCUT2D eigenvalue weighted by atomic mass is 35.5. The highest BCUT2D eigenvalue weighted by molar-refractivity contribution is 6.32. The Labute approximate surface area is 193 Å². The van der Waals surface area contributed by atoms with E-state index in [9.17, 15) is 9.59 Å². The summed E-state index contributed by atoms with van der Waals surface area (Å²) in [4.78, 5) is 28.3. The van der Waals surface area contributed by atoms with Gasteiger partial charge in [0.15, 0.2) is 0 Å². The number of nitrogens with one attached hydrogen (secondary N) is 2. The van der Waals surface area contributed by atoms with Crippen LogP contribution in [0.5, 0.6) is 0 Å². The monoisotopic (exact) mass is 449 g/mol. The molecule has 0 aromatic heterocycles. The smallest absolute Gasteiger partial charge is 0.250 e. The van der Waals surface area contributed by atoms with Crippen molar-refractivity contribution in [2.45, 2.75) is 44.8 Å². The minimum atomic E-state index is -0.609. The molecule has 3 aromatic carbocycles. The molecule has 1 aliphatic heterocycles. The summed E-state index contributed by atoms with van der Waals surface area (Å²) in [6, 6.07) is 18.6. The molecule has 0 saturated carbocycles. The van der Waals surface area contributed by atoms with Gasteiger partial charge in [0.05, 0.1) is 12.1 Å². The summed E-state index contributed by atoms with van der Waals surface area (Å²) in [5.74, 6) is -0.310. The number of nitrogens with zero attached hydrogens (tertiary/aromatic N) is 1. The lowest BCUT2D eigenvalue weighted by atomic mass is 9.97. The zero-order valence-corrected chi connectivity index (χ0v) is 19.3. The lowest BCUT2D eigenvalue weighted by molar-refractivity contribution is -0.128. The van der Waals surface area contributed by atoms with E-state index in [-0.39, 0.29) is 23.9 Å². The Morgan fingerprint density at radius 2 is 1.78 bits per heavy atom. The third kappa shape index (κ3) is 4.10. The molecule has 1 heterocycles. The number of carbonyl (C=O) groups excluding carboxylic acids is 2. The molecular formula is C26H28ClN3O2. The molecule has 166 valence electrons. The maximum atomic E-state index is 13.9. The van der Waals surface area contributed by atoms with Gasteiger partial charge in [0, 0.05) is 16.3 Å². The quantitative estimate of drug-likeness (QED) is 0.597. The molecule has 0 spiro atoms. The van der Waals surface area contributed by atoms with E-state index in [4.69, 9.17) is 11.6 Å². The van der Waals surface area contributed by atoms with Gasteiger partial charge in [0.25, 0.3) is 0 Å². The minimum Gasteiger partial charge on any atom is -0.343 e. The third-order valence-corrected chi connectivity index (χ3v) is 6.68. The Morgan fingerprint density at radius 3 is 2.56 bits per heavy atom. The highest BCUT2D eigenvalue weighted by Crippen LogP contribution is 2.39. The number of para-hydroxylation sites is 1. The van der Waals surface area contributed by atoms with Crippen LogP contribution in [-0.4, -0.2) is 30.9 Å². The van der Waals surface area contributed by atoms with Crippen LogP contribution in [0.25, 0.3) is 10.8 Å². The normalized spacial score (nSPS) is 18.1. The van der Waals surface area contributed by atoms with Crippen LogP contribution in [0.4, 0.5) is 5.69 Å². The molecule has 6 heteroatoms. The van der Waals surface area contributed by atoms with E-state index < -0.39 is 6.04 Å². The van der Waals surface area contributed by atoms with Gasteiger partial charge in [-0.1, -0.05) is 60.1 Å². The molecule has 0 fully saturated rings. The van der Waals surface area contributed by atoms with Gasteiger partial charge in [-0.15, -0.1) is 0 Å². The number of anilines is 1. The summed E-state index contributed by atoms with van der Waals surface area (Å²) in [5, 5.41) is 8.60. The van der Waals surface area contributed by atoms with Gasteiger partial charge in [-0.2, -0.15) is 0 Å². The van der Waals surface area contributed by atoms with E-state index in [2.05, 4.69) is 10.6 Å². The Kier molecular flexibility index (Phi) is 6.49. The van der Waals surface area contributed by atoms with Crippen molar-refractivity contribution in [3.8, 4) is 0 Å². The summed E-state index contributed by atoms with van der Waals surface area (Å²) in [6.45, 7) is 3.78. The first-order valence-electron chi connectivity index (χ1n) is 11.0. The van der Waals surface area contributed by atoms with E-state index >= 15 is 0 Å². The summed E-state index contributed by atoms with van der Waals surface area (Å²) >= 11 is 6.70. The predicted molar refractivity (Wildman–Crippen MR) is 130 cm³/mol. The van der Waals surface area contributed by atoms with Crippen molar-refractivity contribution in [2.75, 3.05) is 11.9 Å². The van der Waals surface area contributed by atoms with Gasteiger partial charge in [-0.3, -0.25) is 9.59 Å². The molecule has 2 amide bonds. The highest BCUT2D eigenvalue weighted by Gasteiger charge is 2.36. The molecule has 3 atom stereocenters. The van der Waals surface area contributed by atoms with Crippen LogP contribution >= 0.6 is 11.6 Å². The largest absolute Gasteiger partial charge is 0.343 e. The number of rotatable bonds is 5. The van der Waals surface area contributed by atoms with E-state index in [1.54, 1.807) is 14.0 Å². The Hall–Kier alpha value is -2.89. The molecule has 2 N–H and O–H groups in total. The standard InChI is InChI=1S/C26H28ClN3O2/c1-16(28-3)25(31)29-22-15-13-19-9-5-7-11-23(19)30(26(22)32)17(2)24-20-10-6-4-8-18(20)12-14-21(24)27/h4-12,14,16-17,22,28H,13,15H2,1-3H3,(H,29,31)/t16-,17?,22-/m0/s1. The summed E-state index contributed by atoms with van der Waals surface area (Å²) < 4.78 is 0. The molecule has 0 bridgehead atoms. The van der Waals surface area contributed by atoms with Crippen molar-refractivity contribution in [3.63, 3.8) is 0 Å². The van der Waals surface area contributed by atoms with Crippen molar-refractivity contribution in [1.29, 1.82) is 0 Å². The molecule has 0 radical (unpaired) electrons. The lowest BCUT2D eigenvalue weighted by Gasteiger charge is -2.33. The number of fused-ring (bicyclic) bond motifs is 2. The maximum absolute atomic E-state index is 13.9. The summed E-state index contributed by atoms with van der Waals surface area (Å²) in [5.41, 5.74) is 2.86. The number of hydrogen-bond donors (Lipinski definition) is 2. The Bertz CT molecular complexity index is 1160. The van der Waals surface area contributed by atoms with Crippen LogP contribution in [0.1, 0.15) is 37.4 Å². The molecule has 3 aromatic rings. The number of carbonyl (C=O) groups is 2. The predicted octanol–water partition coefficient (Wildman–Crippen LogP) is 4.63. The molecule has 1 aliphatic rings. The Morgan fingerprint density at radius 1 is 1.06 bits per heavy atom. The molecule has 32 heavy (non-hydrogen) atoms. The molecule has 1 unspecified atom stereocenters. The van der Waals surface area contributed by atoms with Crippen LogP contribution in [-0.2, 0) is 16.0 Å². The van der Waals surface area contributed by atoms with Crippen LogP contribution in [0, 0.1) is 0 Å². The van der Waals surface area contributed by atoms with Crippen LogP contribution in [0.3, 0.4) is 0 Å². The van der Waals surface area contributed by atoms with Crippen molar-refractivity contribution in [2.24, 2.45) is 0 Å². The van der Waals surface area contributed by atoms with Gasteiger partial charge in [-0.05, 0) is 62.2 Å². The number of aryl methyl sites for hydroxylation is 1. The topological polar surface area (TPSA) is 61.4 Å². The second-order valence-corrected chi connectivity index (χ2v) is 8.71. The zero-order chi connectivity index (χ0) is 22.8. The molecule has 0 saturated heterocycles. The van der Waals surface area contributed by atoms with E-state index in [0.717, 1.165) is 27.6 Å². The Balaban J connectivity index is 1.80. The summed E-state index contributed by atoms with van der Waals surface area (Å²) in [7, 11) is 1.73. The average Bonchev–Trinajstić information content (AvgIpc) is 2.94. The fraction of sp³-hybridized carbons (Fsp3) is 0.308. The van der Waals surface area contributed by atoms with Crippen LogP contribution in [0.2, 0.25) is 5.02 Å². The zero-order valence-electron chi connectivity index (χ0n) is 18.6. The van der Waals surface area contributed by atoms with Crippen LogP contribution in [0.15, 0.2) is 60.7 Å². The van der Waals surface area contributed by atoms with Gasteiger partial charge in [0.2, 0.25) is 11.8 Å². The first kappa shape index (κ1) is 22.3. The van der Waals surface area contributed by atoms with Crippen molar-refractivity contribution >= 4 is 39.9 Å². The van der Waals surface area contributed by atoms with E-state index in [0.29, 0.717) is 17.9 Å². The molecule has 4 rings (SSSR count). The molecular weight excluding hydrogens is 422 g/mol. The van der Waals surface area contributed by atoms with E-state index in [1.807, 2.05) is 72.5 Å². The number of likely N-dealkylation sites (N-methyl/N-ethyl adjacent to an activating group) is 1. The fourth-order valence-electron chi connectivity index (χ4n) is 4.45. The lowest BCUT2D eigenvalue weighted by Crippen LogP contribution is -2.52. The van der Waals surface area contributed by atoms with Crippen LogP contribution < -0.4 is 15.5 Å². The SMILES string of the molecule is CN[C@@H](C)C(=O)N[C@H]1CCc2ccccc2N(C(C)c2c(Cl)ccc3ccccc23)C1=O. The van der Waals surface area contributed by atoms with Gasteiger partial charge in [-0.25, -0.2) is 0 Å². The molecule has 5 nitrogen and oxygen atoms in total. The number of halogens is 1. The fourth-order valence-corrected chi connectivity index (χ4v) is 4.77. The van der Waals surface area contributed by atoms with Crippen molar-refractivity contribution < 1.29 is 9.59 Å². The number of amides is 2. The van der Waals surface area contributed by atoms with Crippen molar-refractivity contribution in [1.82, 2.24) is 10.6 Å². The maximum Gasteiger partial charge on any atom is 0.250 e. The average molecular weight is 450 g/mol. The van der Waals surface area contributed by atoms with Gasteiger partial charge < -0.3 is 15.5 Å². The first-order chi connectivity index (χ1) is 15.4. The van der Waals surface area contributed by atoms with E-state index in [1.165, 1.54) is 0 Å². The van der Waals surface area contributed by atoms with Gasteiger partial charge >= 0.3 is 0 Å². The number of benzene rings is 3. The second-order valence-electron chi connectivity index (χ2n) is 8.31.